The lowest BCUT2D eigenvalue weighted by atomic mass is 10.1. The largest absolute Gasteiger partial charge is 0.398 e. The number of nitro benzene ring substituents is 1. The van der Waals surface area contributed by atoms with Crippen molar-refractivity contribution in [3.63, 3.8) is 0 Å². The van der Waals surface area contributed by atoms with E-state index in [2.05, 4.69) is 0 Å². The molecule has 5 nitrogen and oxygen atoms in total. The van der Waals surface area contributed by atoms with Crippen molar-refractivity contribution in [1.29, 1.82) is 0 Å². The lowest BCUT2D eigenvalue weighted by Crippen LogP contribution is -1.91. The zero-order valence-electron chi connectivity index (χ0n) is 10.5. The van der Waals surface area contributed by atoms with Gasteiger partial charge >= 0.3 is 0 Å². The van der Waals surface area contributed by atoms with Crippen LogP contribution in [-0.2, 0) is 0 Å². The number of hydrogen-bond donors (Lipinski definition) is 1. The van der Waals surface area contributed by atoms with Crippen LogP contribution in [0, 0.1) is 10.1 Å². The molecule has 5 heteroatoms. The second-order valence-corrected chi connectivity index (χ2v) is 4.19. The van der Waals surface area contributed by atoms with Crippen LogP contribution in [-0.4, -0.2) is 11.2 Å². The van der Waals surface area contributed by atoms with E-state index in [-0.39, 0.29) is 5.69 Å². The van der Waals surface area contributed by atoms with Gasteiger partial charge in [0.1, 0.15) is 6.29 Å². The first kappa shape index (κ1) is 13.5. The molecule has 0 radical (unpaired) electrons. The third-order valence-corrected chi connectivity index (χ3v) is 2.81. The van der Waals surface area contributed by atoms with E-state index in [1.807, 2.05) is 0 Å². The molecule has 100 valence electrons. The van der Waals surface area contributed by atoms with E-state index in [1.165, 1.54) is 12.1 Å². The number of benzene rings is 2. The Morgan fingerprint density at radius 3 is 2.25 bits per heavy atom. The van der Waals surface area contributed by atoms with Gasteiger partial charge in [-0.3, -0.25) is 14.9 Å². The van der Waals surface area contributed by atoms with Crippen LogP contribution in [0.4, 0.5) is 11.4 Å². The summed E-state index contributed by atoms with van der Waals surface area (Å²) in [6.45, 7) is 0. The van der Waals surface area contributed by atoms with Gasteiger partial charge in [-0.05, 0) is 41.5 Å². The van der Waals surface area contributed by atoms with Crippen LogP contribution in [0.25, 0.3) is 12.2 Å². The van der Waals surface area contributed by atoms with Crippen molar-refractivity contribution in [2.45, 2.75) is 0 Å². The third kappa shape index (κ3) is 3.08. The fourth-order valence-corrected chi connectivity index (χ4v) is 1.70. The molecule has 0 unspecified atom stereocenters. The number of carbonyl (C=O) groups is 1. The monoisotopic (exact) mass is 268 g/mol. The van der Waals surface area contributed by atoms with Gasteiger partial charge < -0.3 is 5.73 Å². The molecule has 0 atom stereocenters. The topological polar surface area (TPSA) is 86.2 Å². The average Bonchev–Trinajstić information content (AvgIpc) is 2.47. The predicted molar refractivity (Wildman–Crippen MR) is 78.3 cm³/mol. The molecule has 0 bridgehead atoms. The number of carbonyl (C=O) groups excluding carboxylic acids is 1. The Morgan fingerprint density at radius 2 is 1.65 bits per heavy atom. The highest BCUT2D eigenvalue weighted by Gasteiger charge is 2.02. The van der Waals surface area contributed by atoms with Crippen molar-refractivity contribution in [1.82, 2.24) is 0 Å². The van der Waals surface area contributed by atoms with Gasteiger partial charge in [0.15, 0.2) is 0 Å². The molecule has 0 saturated carbocycles. The van der Waals surface area contributed by atoms with Gasteiger partial charge in [0.2, 0.25) is 0 Å². The maximum Gasteiger partial charge on any atom is 0.269 e. The van der Waals surface area contributed by atoms with Crippen LogP contribution in [0.5, 0.6) is 0 Å². The lowest BCUT2D eigenvalue weighted by molar-refractivity contribution is -0.384. The third-order valence-electron chi connectivity index (χ3n) is 2.81. The minimum absolute atomic E-state index is 0.0459. The van der Waals surface area contributed by atoms with Gasteiger partial charge in [0.05, 0.1) is 4.92 Å². The molecule has 0 spiro atoms. The minimum Gasteiger partial charge on any atom is -0.398 e. The molecule has 0 aliphatic carbocycles. The fraction of sp³-hybridized carbons (Fsp3) is 0. The summed E-state index contributed by atoms with van der Waals surface area (Å²) >= 11 is 0. The van der Waals surface area contributed by atoms with Crippen LogP contribution in [0.1, 0.15) is 21.5 Å². The normalized spacial score (nSPS) is 10.6. The molecule has 0 heterocycles. The summed E-state index contributed by atoms with van der Waals surface area (Å²) in [5.41, 5.74) is 8.51. The maximum absolute atomic E-state index is 10.7. The van der Waals surface area contributed by atoms with Crippen molar-refractivity contribution in [2.24, 2.45) is 0 Å². The Bertz CT molecular complexity index is 676. The molecule has 0 saturated heterocycles. The Hall–Kier alpha value is -2.95. The van der Waals surface area contributed by atoms with Crippen LogP contribution in [0.3, 0.4) is 0 Å². The van der Waals surface area contributed by atoms with Gasteiger partial charge in [0.25, 0.3) is 5.69 Å². The zero-order valence-corrected chi connectivity index (χ0v) is 10.5. The molecular weight excluding hydrogens is 256 g/mol. The number of nitrogens with two attached hydrogens (primary N) is 1. The maximum atomic E-state index is 10.7. The number of nitrogen functional groups attached to an aromatic ring is 1. The summed E-state index contributed by atoms with van der Waals surface area (Å²) in [7, 11) is 0. The van der Waals surface area contributed by atoms with Gasteiger partial charge in [-0.15, -0.1) is 0 Å². The number of aldehydes is 1. The number of nitrogens with zero attached hydrogens (tertiary/aromatic N) is 1. The van der Waals surface area contributed by atoms with E-state index in [1.54, 1.807) is 42.5 Å². The number of nitro groups is 1. The predicted octanol–water partition coefficient (Wildman–Crippen LogP) is 3.16. The summed E-state index contributed by atoms with van der Waals surface area (Å²) in [5.74, 6) is 0. The highest BCUT2D eigenvalue weighted by Crippen LogP contribution is 2.18. The zero-order chi connectivity index (χ0) is 14.5. The first-order valence-electron chi connectivity index (χ1n) is 5.87. The van der Waals surface area contributed by atoms with Crippen LogP contribution in [0.2, 0.25) is 0 Å². The molecule has 0 aromatic heterocycles. The molecule has 0 fully saturated rings. The Morgan fingerprint density at radius 1 is 1.00 bits per heavy atom. The van der Waals surface area contributed by atoms with Crippen molar-refractivity contribution in [3.8, 4) is 0 Å². The number of non-ortho nitro benzene ring substituents is 1. The number of anilines is 1. The van der Waals surface area contributed by atoms with E-state index in [0.29, 0.717) is 11.3 Å². The summed E-state index contributed by atoms with van der Waals surface area (Å²) in [4.78, 5) is 20.8. The minimum atomic E-state index is -0.445. The number of hydrogen-bond acceptors (Lipinski definition) is 4. The van der Waals surface area contributed by atoms with Gasteiger partial charge in [-0.25, -0.2) is 0 Å². The van der Waals surface area contributed by atoms with E-state index >= 15 is 0 Å². The van der Waals surface area contributed by atoms with Gasteiger partial charge in [-0.1, -0.05) is 12.2 Å². The first-order valence-corrected chi connectivity index (χ1v) is 5.87. The fourth-order valence-electron chi connectivity index (χ4n) is 1.70. The molecule has 0 amide bonds. The van der Waals surface area contributed by atoms with Crippen LogP contribution in [0.15, 0.2) is 42.5 Å². The van der Waals surface area contributed by atoms with E-state index in [9.17, 15) is 14.9 Å². The van der Waals surface area contributed by atoms with Crippen molar-refractivity contribution in [3.05, 3.63) is 69.3 Å². The molecule has 2 N–H and O–H groups in total. The second kappa shape index (κ2) is 5.79. The molecule has 2 aromatic carbocycles. The van der Waals surface area contributed by atoms with E-state index in [4.69, 9.17) is 5.73 Å². The first-order chi connectivity index (χ1) is 9.60. The van der Waals surface area contributed by atoms with Gasteiger partial charge in [-0.2, -0.15) is 0 Å². The SMILES string of the molecule is Nc1ccc(C=O)cc1/C=C/c1ccc([N+](=O)[O-])cc1. The Balaban J connectivity index is 2.24. The molecule has 0 aliphatic heterocycles. The Kier molecular flexibility index (Phi) is 3.91. The highest BCUT2D eigenvalue weighted by atomic mass is 16.6. The summed E-state index contributed by atoms with van der Waals surface area (Å²) in [6.07, 6.45) is 4.30. The Labute approximate surface area is 115 Å². The average molecular weight is 268 g/mol. The molecule has 0 aliphatic rings. The van der Waals surface area contributed by atoms with Crippen molar-refractivity contribution >= 4 is 29.8 Å². The molecule has 2 rings (SSSR count). The molecule has 20 heavy (non-hydrogen) atoms. The highest BCUT2D eigenvalue weighted by molar-refractivity contribution is 5.82. The second-order valence-electron chi connectivity index (χ2n) is 4.19. The van der Waals surface area contributed by atoms with E-state index in [0.717, 1.165) is 17.4 Å². The van der Waals surface area contributed by atoms with Crippen LogP contribution >= 0.6 is 0 Å². The van der Waals surface area contributed by atoms with Gasteiger partial charge in [0, 0.05) is 23.4 Å². The summed E-state index contributed by atoms with van der Waals surface area (Å²) < 4.78 is 0. The standard InChI is InChI=1S/C15H12N2O3/c16-15-8-4-12(10-18)9-13(15)5-1-11-2-6-14(7-3-11)17(19)20/h1-10H,16H2/b5-1+. The lowest BCUT2D eigenvalue weighted by Gasteiger charge is -2.01. The molecule has 2 aromatic rings. The smallest absolute Gasteiger partial charge is 0.269 e. The van der Waals surface area contributed by atoms with Crippen LogP contribution < -0.4 is 5.73 Å². The van der Waals surface area contributed by atoms with E-state index < -0.39 is 4.92 Å². The van der Waals surface area contributed by atoms with Crippen molar-refractivity contribution < 1.29 is 9.72 Å². The quantitative estimate of drug-likeness (QED) is 0.303. The summed E-state index contributed by atoms with van der Waals surface area (Å²) in [5, 5.41) is 10.5. The number of rotatable bonds is 4. The molecular formula is C15H12N2O3. The van der Waals surface area contributed by atoms with Crippen molar-refractivity contribution in [2.75, 3.05) is 5.73 Å². The summed E-state index contributed by atoms with van der Waals surface area (Å²) in [6, 6.07) is 11.2.